The molecule has 2 saturated heterocycles. The molecule has 0 aromatic carbocycles. The van der Waals surface area contributed by atoms with Crippen molar-refractivity contribution in [2.24, 2.45) is 17.6 Å². The first-order chi connectivity index (χ1) is 14.0. The molecule has 4 aliphatic rings. The summed E-state index contributed by atoms with van der Waals surface area (Å²) < 4.78 is 6.17. The second kappa shape index (κ2) is 6.95. The number of rotatable bonds is 5. The molecule has 5 atom stereocenters. The Balaban J connectivity index is 1.49. The van der Waals surface area contributed by atoms with Crippen LogP contribution in [0.5, 0.6) is 0 Å². The van der Waals surface area contributed by atoms with Gasteiger partial charge in [0.05, 0.1) is 24.5 Å². The van der Waals surface area contributed by atoms with E-state index in [0.29, 0.717) is 6.54 Å². The fourth-order valence-corrected chi connectivity index (χ4v) is 6.26. The highest BCUT2D eigenvalue weighted by molar-refractivity contribution is 7.09. The molecule has 29 heavy (non-hydrogen) atoms. The molecule has 1 aromatic rings. The van der Waals surface area contributed by atoms with Crippen molar-refractivity contribution in [3.63, 3.8) is 0 Å². The molecule has 3 aliphatic heterocycles. The van der Waals surface area contributed by atoms with Crippen molar-refractivity contribution in [2.45, 2.75) is 62.4 Å². The van der Waals surface area contributed by atoms with Crippen molar-refractivity contribution in [2.75, 3.05) is 0 Å². The van der Waals surface area contributed by atoms with E-state index in [1.165, 1.54) is 17.8 Å². The third-order valence-electron chi connectivity index (χ3n) is 6.81. The van der Waals surface area contributed by atoms with Gasteiger partial charge in [0.15, 0.2) is 0 Å². The number of likely N-dealkylation sites (tertiary alicyclic amines) is 1. The highest BCUT2D eigenvalue weighted by atomic mass is 32.1. The van der Waals surface area contributed by atoms with Crippen LogP contribution in [-0.4, -0.2) is 46.4 Å². The first-order valence-corrected chi connectivity index (χ1v) is 11.2. The molecule has 7 nitrogen and oxygen atoms in total. The molecule has 2 bridgehead atoms. The number of fused-ring (bicyclic) bond motifs is 1. The van der Waals surface area contributed by atoms with E-state index >= 15 is 0 Å². The molecule has 3 fully saturated rings. The van der Waals surface area contributed by atoms with Gasteiger partial charge in [0.25, 0.3) is 0 Å². The van der Waals surface area contributed by atoms with Crippen LogP contribution in [0, 0.1) is 11.8 Å². The number of hydrogen-bond donors (Lipinski definition) is 2. The molecule has 1 aromatic heterocycles. The van der Waals surface area contributed by atoms with Crippen molar-refractivity contribution < 1.29 is 19.1 Å². The molecule has 8 heteroatoms. The van der Waals surface area contributed by atoms with E-state index in [0.717, 1.165) is 30.6 Å². The van der Waals surface area contributed by atoms with E-state index in [2.05, 4.69) is 5.32 Å². The minimum Gasteiger partial charge on any atom is -0.369 e. The Morgan fingerprint density at radius 2 is 2.10 bits per heavy atom. The average molecular weight is 416 g/mol. The number of hydrogen-bond acceptors (Lipinski definition) is 5. The Morgan fingerprint density at radius 1 is 1.31 bits per heavy atom. The Labute approximate surface area is 173 Å². The summed E-state index contributed by atoms with van der Waals surface area (Å²) >= 11 is 1.54. The zero-order valence-corrected chi connectivity index (χ0v) is 16.9. The second-order valence-corrected chi connectivity index (χ2v) is 9.52. The zero-order chi connectivity index (χ0) is 20.2. The minimum atomic E-state index is -1.11. The number of primary amides is 1. The molecule has 0 unspecified atom stereocenters. The molecule has 0 radical (unpaired) electrons. The third kappa shape index (κ3) is 2.84. The summed E-state index contributed by atoms with van der Waals surface area (Å²) in [4.78, 5) is 41.6. The number of thiophene rings is 1. The van der Waals surface area contributed by atoms with E-state index in [-0.39, 0.29) is 17.9 Å². The van der Waals surface area contributed by atoms with E-state index in [9.17, 15) is 14.4 Å². The predicted molar refractivity (Wildman–Crippen MR) is 107 cm³/mol. The lowest BCUT2D eigenvalue weighted by Crippen LogP contribution is -2.56. The van der Waals surface area contributed by atoms with Gasteiger partial charge in [-0.1, -0.05) is 37.5 Å². The largest absolute Gasteiger partial charge is 0.369 e. The van der Waals surface area contributed by atoms with Crippen LogP contribution in [0.4, 0.5) is 0 Å². The van der Waals surface area contributed by atoms with Gasteiger partial charge in [-0.15, -0.1) is 11.3 Å². The molecule has 4 heterocycles. The number of nitrogens with zero attached hydrogens (tertiary/aromatic N) is 1. The first kappa shape index (κ1) is 18.8. The lowest BCUT2D eigenvalue weighted by Gasteiger charge is -2.34. The van der Waals surface area contributed by atoms with Crippen LogP contribution in [-0.2, 0) is 25.7 Å². The summed E-state index contributed by atoms with van der Waals surface area (Å²) in [5, 5.41) is 5.11. The number of nitrogens with one attached hydrogen (secondary N) is 1. The molecular weight excluding hydrogens is 390 g/mol. The molecule has 1 saturated carbocycles. The monoisotopic (exact) mass is 415 g/mol. The summed E-state index contributed by atoms with van der Waals surface area (Å²) in [5.74, 6) is -2.44. The fourth-order valence-electron chi connectivity index (χ4n) is 5.56. The topological polar surface area (TPSA) is 102 Å². The molecule has 154 valence electrons. The van der Waals surface area contributed by atoms with E-state index in [4.69, 9.17) is 10.5 Å². The Kier molecular flexibility index (Phi) is 4.51. The standard InChI is InChI=1S/C21H25N3O4S/c22-18(25)15-14-8-9-21(28-14)16(15)20(27)24(11-13-7-4-10-29-13)17(21)19(26)23-12-5-2-1-3-6-12/h4,7-10,12,14-17H,1-3,5-6,11H2,(H2,22,25)(H,23,26)/t14-,15-,16+,17+,21-/m0/s1. The molecule has 1 spiro atoms. The highest BCUT2D eigenvalue weighted by Crippen LogP contribution is 2.55. The molecule has 3 N–H and O–H groups in total. The number of carbonyl (C=O) groups excluding carboxylic acids is 3. The van der Waals surface area contributed by atoms with Gasteiger partial charge in [0.1, 0.15) is 11.6 Å². The van der Waals surface area contributed by atoms with E-state index in [1.54, 1.807) is 11.0 Å². The highest BCUT2D eigenvalue weighted by Gasteiger charge is 2.72. The van der Waals surface area contributed by atoms with Crippen LogP contribution in [0.15, 0.2) is 29.7 Å². The Morgan fingerprint density at radius 3 is 2.79 bits per heavy atom. The summed E-state index contributed by atoms with van der Waals surface area (Å²) in [7, 11) is 0. The van der Waals surface area contributed by atoms with Gasteiger partial charge in [-0.25, -0.2) is 0 Å². The van der Waals surface area contributed by atoms with E-state index in [1.807, 2.05) is 23.6 Å². The Hall–Kier alpha value is -2.19. The van der Waals surface area contributed by atoms with Gasteiger partial charge in [0, 0.05) is 10.9 Å². The van der Waals surface area contributed by atoms with Gasteiger partial charge in [0.2, 0.25) is 17.7 Å². The van der Waals surface area contributed by atoms with Crippen LogP contribution >= 0.6 is 11.3 Å². The van der Waals surface area contributed by atoms with Crippen LogP contribution in [0.3, 0.4) is 0 Å². The normalized spacial score (nSPS) is 35.9. The molecular formula is C21H25N3O4S. The van der Waals surface area contributed by atoms with E-state index < -0.39 is 35.5 Å². The number of carbonyl (C=O) groups is 3. The maximum atomic E-state index is 13.5. The zero-order valence-electron chi connectivity index (χ0n) is 16.1. The van der Waals surface area contributed by atoms with Gasteiger partial charge < -0.3 is 20.7 Å². The van der Waals surface area contributed by atoms with Crippen LogP contribution < -0.4 is 11.1 Å². The summed E-state index contributed by atoms with van der Waals surface area (Å²) in [6.07, 6.45) is 8.38. The summed E-state index contributed by atoms with van der Waals surface area (Å²) in [6, 6.07) is 3.19. The lowest BCUT2D eigenvalue weighted by atomic mass is 9.74. The van der Waals surface area contributed by atoms with Gasteiger partial charge >= 0.3 is 0 Å². The summed E-state index contributed by atoms with van der Waals surface area (Å²) in [5.41, 5.74) is 4.52. The molecule has 1 aliphatic carbocycles. The maximum Gasteiger partial charge on any atom is 0.246 e. The lowest BCUT2D eigenvalue weighted by molar-refractivity contribution is -0.142. The molecule has 3 amide bonds. The first-order valence-electron chi connectivity index (χ1n) is 10.3. The third-order valence-corrected chi connectivity index (χ3v) is 7.67. The number of ether oxygens (including phenoxy) is 1. The van der Waals surface area contributed by atoms with Gasteiger partial charge in [-0.3, -0.25) is 14.4 Å². The van der Waals surface area contributed by atoms with Gasteiger partial charge in [-0.05, 0) is 24.3 Å². The fraction of sp³-hybridized carbons (Fsp3) is 0.571. The van der Waals surface area contributed by atoms with Crippen molar-refractivity contribution in [3.8, 4) is 0 Å². The van der Waals surface area contributed by atoms with Crippen molar-refractivity contribution in [3.05, 3.63) is 34.5 Å². The minimum absolute atomic E-state index is 0.125. The SMILES string of the molecule is NC(=O)[C@H]1[C@@H]2C=C[C@]3(O2)[C@H]1C(=O)N(Cc1cccs1)[C@@H]3C(=O)NC1CCCCC1. The van der Waals surface area contributed by atoms with Crippen LogP contribution in [0.2, 0.25) is 0 Å². The van der Waals surface area contributed by atoms with Gasteiger partial charge in [-0.2, -0.15) is 0 Å². The number of nitrogens with two attached hydrogens (primary N) is 1. The number of amides is 3. The quantitative estimate of drug-likeness (QED) is 0.709. The predicted octanol–water partition coefficient (Wildman–Crippen LogP) is 1.33. The molecule has 5 rings (SSSR count). The second-order valence-electron chi connectivity index (χ2n) is 8.49. The van der Waals surface area contributed by atoms with Crippen molar-refractivity contribution >= 4 is 29.1 Å². The van der Waals surface area contributed by atoms with Crippen molar-refractivity contribution in [1.82, 2.24) is 10.2 Å². The van der Waals surface area contributed by atoms with Crippen molar-refractivity contribution in [1.29, 1.82) is 0 Å². The summed E-state index contributed by atoms with van der Waals surface area (Å²) in [6.45, 7) is 0.324. The van der Waals surface area contributed by atoms with Crippen LogP contribution in [0.25, 0.3) is 0 Å². The Bertz CT molecular complexity index is 863. The van der Waals surface area contributed by atoms with Crippen LogP contribution in [0.1, 0.15) is 37.0 Å². The maximum absolute atomic E-state index is 13.5. The average Bonchev–Trinajstić information content (AvgIpc) is 3.45. The smallest absolute Gasteiger partial charge is 0.246 e.